The van der Waals surface area contributed by atoms with E-state index < -0.39 is 130 Å². The van der Waals surface area contributed by atoms with Crippen LogP contribution in [0.1, 0.15) is 169 Å². The van der Waals surface area contributed by atoms with Crippen LogP contribution >= 0.6 is 47.0 Å². The van der Waals surface area contributed by atoms with Crippen LogP contribution in [0.25, 0.3) is 0 Å². The van der Waals surface area contributed by atoms with Crippen LogP contribution in [0.3, 0.4) is 0 Å². The first-order valence-electron chi connectivity index (χ1n) is 29.3. The Bertz CT molecular complexity index is 3990. The number of alkyl halides is 14. The summed E-state index contributed by atoms with van der Waals surface area (Å²) < 4.78 is 295. The molecule has 0 bridgehead atoms. The standard InChI is InChI=1S/C23H26F6O3S2.C22H26F4O4S2.C22H26F4O3S3/c1-19(2,3)14-7-9-15(10-8-14)21(24,25)16-11-12-18(17(13-16)20(4,5)6)33-22(26,27)23(28,29)34(30,31)32;2*1-19(2,3)14-8-7-9-15(12-14)30-16-10-11-18(17(13-16)20(4,5)6)31-21(23,24)22(25,26)32(27,28)29/h7-13H,1-6H3,(H,30,31,32);2*7-13H,1-6H3,(H,27,28,29). The Hall–Kier alpha value is -4.73. The molecular formula is C67H78F14O10S7. The molecule has 0 unspecified atom stereocenters. The Morgan fingerprint density at radius 2 is 0.612 bits per heavy atom. The van der Waals surface area contributed by atoms with E-state index in [9.17, 15) is 77.9 Å². The molecule has 0 atom stereocenters. The predicted molar refractivity (Wildman–Crippen MR) is 360 cm³/mol. The van der Waals surface area contributed by atoms with E-state index in [-0.39, 0.29) is 42.7 Å². The van der Waals surface area contributed by atoms with Gasteiger partial charge in [-0.05, 0) is 174 Å². The molecule has 546 valence electrons. The van der Waals surface area contributed by atoms with Gasteiger partial charge in [-0.3, -0.25) is 13.7 Å². The summed E-state index contributed by atoms with van der Waals surface area (Å²) in [6.07, 6.45) is 0. The summed E-state index contributed by atoms with van der Waals surface area (Å²) in [5, 5.41) is -32.5. The third-order valence-electron chi connectivity index (χ3n) is 14.4. The predicted octanol–water partition coefficient (Wildman–Crippen LogP) is 22.4. The molecule has 0 fully saturated rings. The van der Waals surface area contributed by atoms with Crippen LogP contribution in [0.15, 0.2) is 152 Å². The Morgan fingerprint density at radius 3 is 0.990 bits per heavy atom. The molecule has 6 rings (SSSR count). The molecule has 6 aromatic carbocycles. The maximum atomic E-state index is 15.3. The Labute approximate surface area is 581 Å². The highest BCUT2D eigenvalue weighted by Gasteiger charge is 2.69. The molecule has 31 heteroatoms. The summed E-state index contributed by atoms with van der Waals surface area (Å²) in [6.45, 7) is 32.9. The van der Waals surface area contributed by atoms with Crippen molar-refractivity contribution >= 4 is 77.4 Å². The average Bonchev–Trinajstić information content (AvgIpc) is 0.769. The van der Waals surface area contributed by atoms with Gasteiger partial charge in [-0.2, -0.15) is 86.7 Å². The molecule has 0 heterocycles. The third-order valence-corrected chi connectivity index (χ3v) is 21.7. The Kier molecular flexibility index (Phi) is 25.5. The first-order chi connectivity index (χ1) is 43.5. The van der Waals surface area contributed by atoms with Crippen molar-refractivity contribution in [2.45, 2.75) is 219 Å². The van der Waals surface area contributed by atoms with Crippen LogP contribution in [0, 0.1) is 0 Å². The molecule has 0 aliphatic heterocycles. The second-order valence-electron chi connectivity index (χ2n) is 28.8. The van der Waals surface area contributed by atoms with Gasteiger partial charge in [0, 0.05) is 35.6 Å². The summed E-state index contributed by atoms with van der Waals surface area (Å²) in [5.41, 5.74) is -0.394. The fraction of sp³-hybridized carbons (Fsp3) is 0.463. The summed E-state index contributed by atoms with van der Waals surface area (Å²) in [4.78, 5) is 0.666. The molecule has 10 nitrogen and oxygen atoms in total. The van der Waals surface area contributed by atoms with Gasteiger partial charge in [0.25, 0.3) is 5.92 Å². The lowest BCUT2D eigenvalue weighted by Crippen LogP contribution is -2.44. The van der Waals surface area contributed by atoms with E-state index in [1.54, 1.807) is 65.8 Å². The quantitative estimate of drug-likeness (QED) is 0.0421. The fourth-order valence-electron chi connectivity index (χ4n) is 8.61. The Balaban J connectivity index is 0.000000312. The van der Waals surface area contributed by atoms with E-state index in [0.717, 1.165) is 44.7 Å². The first-order valence-corrected chi connectivity index (χ1v) is 36.9. The van der Waals surface area contributed by atoms with E-state index in [1.165, 1.54) is 75.0 Å². The van der Waals surface area contributed by atoms with E-state index in [1.807, 2.05) is 84.0 Å². The van der Waals surface area contributed by atoms with Crippen molar-refractivity contribution < 1.29 is 105 Å². The van der Waals surface area contributed by atoms with Crippen LogP contribution in [0.2, 0.25) is 0 Å². The van der Waals surface area contributed by atoms with Crippen molar-refractivity contribution in [2.24, 2.45) is 0 Å². The van der Waals surface area contributed by atoms with Gasteiger partial charge in [0.2, 0.25) is 0 Å². The number of rotatable bonds is 18. The summed E-state index contributed by atoms with van der Waals surface area (Å²) in [6, 6.07) is 31.9. The lowest BCUT2D eigenvalue weighted by molar-refractivity contribution is -0.0947. The van der Waals surface area contributed by atoms with Crippen molar-refractivity contribution in [3.05, 3.63) is 172 Å². The molecule has 0 aliphatic rings. The van der Waals surface area contributed by atoms with Gasteiger partial charge in [-0.25, -0.2) is 0 Å². The smallest absolute Gasteiger partial charge is 0.442 e. The van der Waals surface area contributed by atoms with Gasteiger partial charge in [-0.1, -0.05) is 191 Å². The van der Waals surface area contributed by atoms with E-state index in [0.29, 0.717) is 17.1 Å². The van der Waals surface area contributed by atoms with Crippen LogP contribution < -0.4 is 4.74 Å². The molecule has 3 N–H and O–H groups in total. The molecule has 0 aliphatic carbocycles. The maximum absolute atomic E-state index is 15.3. The lowest BCUT2D eigenvalue weighted by atomic mass is 9.84. The van der Waals surface area contributed by atoms with E-state index >= 15 is 8.78 Å². The highest BCUT2D eigenvalue weighted by atomic mass is 32.2. The number of hydrogen-bond donors (Lipinski definition) is 3. The number of halogens is 14. The number of ether oxygens (including phenoxy) is 1. The molecular weight excluding hydrogens is 1460 g/mol. The van der Waals surface area contributed by atoms with Gasteiger partial charge in [0.05, 0.1) is 0 Å². The van der Waals surface area contributed by atoms with Crippen molar-refractivity contribution in [1.82, 2.24) is 0 Å². The zero-order valence-electron chi connectivity index (χ0n) is 56.5. The zero-order chi connectivity index (χ0) is 76.0. The molecule has 98 heavy (non-hydrogen) atoms. The second kappa shape index (κ2) is 29.2. The van der Waals surface area contributed by atoms with Gasteiger partial charge in [-0.15, -0.1) is 0 Å². The van der Waals surface area contributed by atoms with Crippen molar-refractivity contribution in [2.75, 3.05) is 0 Å². The van der Waals surface area contributed by atoms with Crippen molar-refractivity contribution in [3.8, 4) is 11.5 Å². The summed E-state index contributed by atoms with van der Waals surface area (Å²) in [7, 11) is -19.1. The summed E-state index contributed by atoms with van der Waals surface area (Å²) >= 11 is -0.612. The van der Waals surface area contributed by atoms with Crippen LogP contribution in [-0.2, 0) is 68.8 Å². The molecule has 0 spiro atoms. The van der Waals surface area contributed by atoms with Crippen LogP contribution in [0.5, 0.6) is 11.5 Å². The Morgan fingerprint density at radius 1 is 0.306 bits per heavy atom. The normalized spacial score (nSPS) is 14.1. The largest absolute Gasteiger partial charge is 0.457 e. The number of benzene rings is 6. The minimum absolute atomic E-state index is 0.0580. The molecule has 0 aromatic heterocycles. The SMILES string of the molecule is CC(C)(C)c1ccc(C(F)(F)c2ccc(SC(F)(F)C(F)(F)S(=O)(=O)O)c(C(C)(C)C)c2)cc1.CC(C)(C)c1cccc(Oc2ccc(SC(F)(F)C(F)(F)S(=O)(=O)O)c(C(C)(C)C)c2)c1.CC(C)(C)c1cccc(Sc2ccc(SC(F)(F)C(F)(F)S(=O)(=O)O)c(C(C)(C)C)c2)c1. The number of thioether (sulfide) groups is 3. The van der Waals surface area contributed by atoms with E-state index in [2.05, 4.69) is 20.8 Å². The minimum Gasteiger partial charge on any atom is -0.457 e. The molecule has 0 saturated carbocycles. The molecule has 0 radical (unpaired) electrons. The summed E-state index contributed by atoms with van der Waals surface area (Å²) in [5.74, 6) is -2.71. The molecule has 6 aromatic rings. The van der Waals surface area contributed by atoms with Crippen LogP contribution in [-0.4, -0.2) is 70.4 Å². The van der Waals surface area contributed by atoms with Crippen LogP contribution in [0.4, 0.5) is 61.5 Å². The topological polar surface area (TPSA) is 172 Å². The van der Waals surface area contributed by atoms with Gasteiger partial charge >= 0.3 is 61.9 Å². The van der Waals surface area contributed by atoms with Crippen molar-refractivity contribution in [3.63, 3.8) is 0 Å². The minimum atomic E-state index is -6.43. The zero-order valence-corrected chi connectivity index (χ0v) is 62.2. The maximum Gasteiger partial charge on any atom is 0.442 e. The highest BCUT2D eigenvalue weighted by Crippen LogP contribution is 2.55. The monoisotopic (exact) mass is 1530 g/mol. The number of hydrogen-bond acceptors (Lipinski definition) is 11. The molecule has 0 saturated heterocycles. The third kappa shape index (κ3) is 20.8. The van der Waals surface area contributed by atoms with Crippen molar-refractivity contribution in [1.29, 1.82) is 0 Å². The lowest BCUT2D eigenvalue weighted by Gasteiger charge is -2.29. The highest BCUT2D eigenvalue weighted by molar-refractivity contribution is 8.02. The van der Waals surface area contributed by atoms with Gasteiger partial charge < -0.3 is 4.74 Å². The van der Waals surface area contributed by atoms with Gasteiger partial charge in [0.15, 0.2) is 0 Å². The second-order valence-corrected chi connectivity index (χ2v) is 37.8. The van der Waals surface area contributed by atoms with E-state index in [4.69, 9.17) is 18.4 Å². The van der Waals surface area contributed by atoms with Gasteiger partial charge in [0.1, 0.15) is 11.5 Å². The fourth-order valence-corrected chi connectivity index (χ4v) is 14.8. The average molecular weight is 1530 g/mol. The first kappa shape index (κ1) is 85.7. The molecule has 0 amide bonds.